The second-order valence-corrected chi connectivity index (χ2v) is 9.63. The SMILES string of the molecule is COC(=O)c1ccc(COc2ccc(OCc3c(-c4c(Cl)cccc4Cl)noc3C(C)C)cc2C)cc1. The Hall–Kier alpha value is -3.48. The number of aromatic nitrogens is 1. The van der Waals surface area contributed by atoms with Crippen LogP contribution < -0.4 is 9.47 Å². The third-order valence-electron chi connectivity index (χ3n) is 5.84. The molecule has 0 saturated heterocycles. The highest BCUT2D eigenvalue weighted by atomic mass is 35.5. The van der Waals surface area contributed by atoms with Crippen LogP contribution in [0.5, 0.6) is 11.5 Å². The van der Waals surface area contributed by atoms with Crippen molar-refractivity contribution in [3.05, 3.63) is 98.7 Å². The first-order valence-electron chi connectivity index (χ1n) is 11.7. The highest BCUT2D eigenvalue weighted by Crippen LogP contribution is 2.39. The fraction of sp³-hybridized carbons (Fsp3) is 0.241. The molecular weight excluding hydrogens is 513 g/mol. The first-order valence-corrected chi connectivity index (χ1v) is 12.5. The summed E-state index contributed by atoms with van der Waals surface area (Å²) in [4.78, 5) is 11.6. The predicted octanol–water partition coefficient (Wildman–Crippen LogP) is 8.02. The van der Waals surface area contributed by atoms with Crippen molar-refractivity contribution in [2.75, 3.05) is 7.11 Å². The maximum absolute atomic E-state index is 11.6. The molecule has 0 aliphatic rings. The summed E-state index contributed by atoms with van der Waals surface area (Å²) in [5.74, 6) is 1.87. The molecule has 0 amide bonds. The van der Waals surface area contributed by atoms with Crippen LogP contribution in [0.15, 0.2) is 65.2 Å². The van der Waals surface area contributed by atoms with Gasteiger partial charge in [-0.15, -0.1) is 0 Å². The molecule has 1 heterocycles. The molecule has 0 aliphatic heterocycles. The van der Waals surface area contributed by atoms with E-state index in [1.165, 1.54) is 7.11 Å². The van der Waals surface area contributed by atoms with Crippen molar-refractivity contribution in [2.24, 2.45) is 0 Å². The Bertz CT molecular complexity index is 1380. The molecule has 0 saturated carbocycles. The van der Waals surface area contributed by atoms with Gasteiger partial charge in [0.05, 0.1) is 28.3 Å². The molecule has 0 bridgehead atoms. The molecule has 1 aromatic heterocycles. The van der Waals surface area contributed by atoms with Crippen molar-refractivity contribution in [3.8, 4) is 22.8 Å². The second-order valence-electron chi connectivity index (χ2n) is 8.82. The van der Waals surface area contributed by atoms with E-state index in [1.807, 2.05) is 51.1 Å². The van der Waals surface area contributed by atoms with Gasteiger partial charge in [-0.05, 0) is 60.5 Å². The van der Waals surface area contributed by atoms with Crippen LogP contribution in [0.3, 0.4) is 0 Å². The number of hydrogen-bond acceptors (Lipinski definition) is 6. The Morgan fingerprint density at radius 3 is 2.30 bits per heavy atom. The third kappa shape index (κ3) is 6.09. The van der Waals surface area contributed by atoms with Crippen LogP contribution in [0.4, 0.5) is 0 Å². The number of carbonyl (C=O) groups is 1. The number of nitrogens with zero attached hydrogens (tertiary/aromatic N) is 1. The zero-order valence-electron chi connectivity index (χ0n) is 21.0. The Morgan fingerprint density at radius 2 is 1.68 bits per heavy atom. The van der Waals surface area contributed by atoms with Gasteiger partial charge in [-0.1, -0.05) is 60.4 Å². The zero-order valence-corrected chi connectivity index (χ0v) is 22.5. The topological polar surface area (TPSA) is 70.8 Å². The molecule has 0 unspecified atom stereocenters. The van der Waals surface area contributed by atoms with E-state index in [1.54, 1.807) is 30.3 Å². The summed E-state index contributed by atoms with van der Waals surface area (Å²) in [5, 5.41) is 5.27. The Kier molecular flexibility index (Phi) is 8.41. The Labute approximate surface area is 226 Å². The number of ether oxygens (including phenoxy) is 3. The second kappa shape index (κ2) is 11.7. The van der Waals surface area contributed by atoms with Crippen molar-refractivity contribution in [1.82, 2.24) is 5.16 Å². The fourth-order valence-corrected chi connectivity index (χ4v) is 4.46. The van der Waals surface area contributed by atoms with Gasteiger partial charge in [0.15, 0.2) is 0 Å². The molecule has 0 aliphatic carbocycles. The van der Waals surface area contributed by atoms with E-state index in [9.17, 15) is 4.79 Å². The molecular formula is C29H27Cl2NO5. The van der Waals surface area contributed by atoms with Crippen LogP contribution >= 0.6 is 23.2 Å². The maximum atomic E-state index is 11.6. The average molecular weight is 540 g/mol. The van der Waals surface area contributed by atoms with Crippen LogP contribution in [0, 0.1) is 6.92 Å². The Balaban J connectivity index is 1.47. The van der Waals surface area contributed by atoms with Crippen LogP contribution in [-0.4, -0.2) is 18.2 Å². The summed E-state index contributed by atoms with van der Waals surface area (Å²) in [7, 11) is 1.36. The number of carbonyl (C=O) groups excluding carboxylic acids is 1. The fourth-order valence-electron chi connectivity index (χ4n) is 3.88. The summed E-state index contributed by atoms with van der Waals surface area (Å²) < 4.78 is 22.5. The quantitative estimate of drug-likeness (QED) is 0.200. The summed E-state index contributed by atoms with van der Waals surface area (Å²) >= 11 is 12.9. The summed E-state index contributed by atoms with van der Waals surface area (Å²) in [6.07, 6.45) is 0. The first-order chi connectivity index (χ1) is 17.8. The van der Waals surface area contributed by atoms with E-state index >= 15 is 0 Å². The van der Waals surface area contributed by atoms with Gasteiger partial charge >= 0.3 is 5.97 Å². The number of hydrogen-bond donors (Lipinski definition) is 0. The van der Waals surface area contributed by atoms with E-state index in [4.69, 9.17) is 41.9 Å². The molecule has 6 nitrogen and oxygen atoms in total. The third-order valence-corrected chi connectivity index (χ3v) is 6.47. The van der Waals surface area contributed by atoms with Gasteiger partial charge in [0.2, 0.25) is 0 Å². The van der Waals surface area contributed by atoms with E-state index in [2.05, 4.69) is 5.16 Å². The number of benzene rings is 3. The normalized spacial score (nSPS) is 11.0. The van der Waals surface area contributed by atoms with Gasteiger partial charge in [-0.3, -0.25) is 0 Å². The molecule has 0 fully saturated rings. The standard InChI is InChI=1S/C29H27Cl2NO5/c1-17(2)28-22(27(32-37-28)26-23(30)6-5-7-24(26)31)16-35-21-12-13-25(18(3)14-21)36-15-19-8-10-20(11-9-19)29(33)34-4/h5-14,17H,15-16H2,1-4H3. The lowest BCUT2D eigenvalue weighted by atomic mass is 10.0. The lowest BCUT2D eigenvalue weighted by Gasteiger charge is -2.13. The number of halogens is 2. The minimum atomic E-state index is -0.368. The van der Waals surface area contributed by atoms with Gasteiger partial charge in [-0.2, -0.15) is 0 Å². The predicted molar refractivity (Wildman–Crippen MR) is 144 cm³/mol. The zero-order chi connectivity index (χ0) is 26.5. The van der Waals surface area contributed by atoms with E-state index in [-0.39, 0.29) is 18.5 Å². The monoisotopic (exact) mass is 539 g/mol. The number of aryl methyl sites for hydroxylation is 1. The minimum Gasteiger partial charge on any atom is -0.489 e. The van der Waals surface area contributed by atoms with Crippen molar-refractivity contribution < 1.29 is 23.5 Å². The molecule has 3 aromatic carbocycles. The van der Waals surface area contributed by atoms with E-state index in [0.29, 0.717) is 39.2 Å². The van der Waals surface area contributed by atoms with Crippen molar-refractivity contribution in [3.63, 3.8) is 0 Å². The summed E-state index contributed by atoms with van der Waals surface area (Å²) in [6.45, 7) is 6.61. The highest BCUT2D eigenvalue weighted by Gasteiger charge is 2.24. The molecule has 0 N–H and O–H groups in total. The number of rotatable bonds is 9. The first kappa shape index (κ1) is 26.6. The summed E-state index contributed by atoms with van der Waals surface area (Å²) in [5.41, 5.74) is 4.36. The highest BCUT2D eigenvalue weighted by molar-refractivity contribution is 6.39. The lowest BCUT2D eigenvalue weighted by Crippen LogP contribution is -2.03. The lowest BCUT2D eigenvalue weighted by molar-refractivity contribution is 0.0600. The van der Waals surface area contributed by atoms with Gasteiger partial charge in [0.1, 0.15) is 36.2 Å². The van der Waals surface area contributed by atoms with Gasteiger partial charge < -0.3 is 18.7 Å². The molecule has 8 heteroatoms. The molecule has 192 valence electrons. The summed E-state index contributed by atoms with van der Waals surface area (Å²) in [6, 6.07) is 18.1. The van der Waals surface area contributed by atoms with Gasteiger partial charge in [0.25, 0.3) is 0 Å². The molecule has 37 heavy (non-hydrogen) atoms. The van der Waals surface area contributed by atoms with E-state index in [0.717, 1.165) is 28.2 Å². The molecule has 0 atom stereocenters. The molecule has 4 rings (SSSR count). The smallest absolute Gasteiger partial charge is 0.337 e. The Morgan fingerprint density at radius 1 is 0.973 bits per heavy atom. The van der Waals surface area contributed by atoms with Crippen molar-refractivity contribution in [2.45, 2.75) is 39.9 Å². The molecule has 4 aromatic rings. The van der Waals surface area contributed by atoms with Crippen LogP contribution in [0.25, 0.3) is 11.3 Å². The maximum Gasteiger partial charge on any atom is 0.337 e. The average Bonchev–Trinajstić information content (AvgIpc) is 3.30. The van der Waals surface area contributed by atoms with Crippen LogP contribution in [-0.2, 0) is 18.0 Å². The number of methoxy groups -OCH3 is 1. The minimum absolute atomic E-state index is 0.0975. The van der Waals surface area contributed by atoms with Crippen LogP contribution in [0.2, 0.25) is 10.0 Å². The van der Waals surface area contributed by atoms with E-state index < -0.39 is 0 Å². The van der Waals surface area contributed by atoms with Crippen molar-refractivity contribution >= 4 is 29.2 Å². The van der Waals surface area contributed by atoms with Gasteiger partial charge in [0, 0.05) is 11.5 Å². The molecule has 0 spiro atoms. The van der Waals surface area contributed by atoms with Crippen LogP contribution in [0.1, 0.15) is 52.6 Å². The number of esters is 1. The molecule has 0 radical (unpaired) electrons. The largest absolute Gasteiger partial charge is 0.489 e. The van der Waals surface area contributed by atoms with Gasteiger partial charge in [-0.25, -0.2) is 4.79 Å². The van der Waals surface area contributed by atoms with Crippen molar-refractivity contribution in [1.29, 1.82) is 0 Å².